The van der Waals surface area contributed by atoms with E-state index >= 15 is 0 Å². The fraction of sp³-hybridized carbons (Fsp3) is 0.294. The molecule has 1 amide bonds. The number of hydrogen-bond acceptors (Lipinski definition) is 3. The van der Waals surface area contributed by atoms with Crippen LogP contribution in [0, 0.1) is 10.5 Å². The van der Waals surface area contributed by atoms with E-state index in [-0.39, 0.29) is 12.0 Å². The van der Waals surface area contributed by atoms with Gasteiger partial charge in [0.1, 0.15) is 6.10 Å². The topological polar surface area (TPSA) is 42.4 Å². The number of aryl methyl sites for hydroxylation is 1. The summed E-state index contributed by atoms with van der Waals surface area (Å²) in [6.45, 7) is 3.33. The van der Waals surface area contributed by atoms with Gasteiger partial charge in [0.15, 0.2) is 0 Å². The standard InChI is InChI=1S/C17H17IN2O2/c1-12-6-7-16(19-10-12)22-13-8-9-20(11-13)17(21)14-4-2-3-5-15(14)18/h2-7,10,13H,8-9,11H2,1H3. The average Bonchev–Trinajstić information content (AvgIpc) is 2.98. The average molecular weight is 408 g/mol. The van der Waals surface area contributed by atoms with Crippen LogP contribution in [-0.4, -0.2) is 35.0 Å². The summed E-state index contributed by atoms with van der Waals surface area (Å²) in [7, 11) is 0. The van der Waals surface area contributed by atoms with Crippen molar-refractivity contribution in [3.63, 3.8) is 0 Å². The lowest BCUT2D eigenvalue weighted by Crippen LogP contribution is -2.31. The van der Waals surface area contributed by atoms with Gasteiger partial charge in [0, 0.05) is 28.8 Å². The van der Waals surface area contributed by atoms with Crippen LogP contribution >= 0.6 is 22.6 Å². The van der Waals surface area contributed by atoms with Gasteiger partial charge in [-0.1, -0.05) is 18.2 Å². The van der Waals surface area contributed by atoms with Crippen molar-refractivity contribution in [1.82, 2.24) is 9.88 Å². The Balaban J connectivity index is 1.63. The molecule has 1 atom stereocenters. The number of aromatic nitrogens is 1. The minimum Gasteiger partial charge on any atom is -0.472 e. The Bertz CT molecular complexity index is 673. The molecule has 2 aromatic rings. The van der Waals surface area contributed by atoms with Gasteiger partial charge in [-0.25, -0.2) is 4.98 Å². The Morgan fingerprint density at radius 2 is 2.14 bits per heavy atom. The van der Waals surface area contributed by atoms with Crippen LogP contribution in [0.15, 0.2) is 42.6 Å². The highest BCUT2D eigenvalue weighted by molar-refractivity contribution is 14.1. The molecule has 1 aromatic carbocycles. The van der Waals surface area contributed by atoms with Crippen LogP contribution in [0.5, 0.6) is 5.88 Å². The third-order valence-corrected chi connectivity index (χ3v) is 4.65. The minimum atomic E-state index is 0.0144. The molecule has 5 heteroatoms. The lowest BCUT2D eigenvalue weighted by Gasteiger charge is -2.17. The van der Waals surface area contributed by atoms with Crippen molar-refractivity contribution in [1.29, 1.82) is 0 Å². The van der Waals surface area contributed by atoms with Crippen LogP contribution in [0.1, 0.15) is 22.3 Å². The van der Waals surface area contributed by atoms with Crippen LogP contribution < -0.4 is 4.74 Å². The number of amides is 1. The summed E-state index contributed by atoms with van der Waals surface area (Å²) >= 11 is 2.20. The molecule has 0 radical (unpaired) electrons. The van der Waals surface area contributed by atoms with E-state index in [9.17, 15) is 4.79 Å². The maximum Gasteiger partial charge on any atom is 0.255 e. The Kier molecular flexibility index (Phi) is 4.61. The van der Waals surface area contributed by atoms with Gasteiger partial charge in [0.2, 0.25) is 5.88 Å². The number of nitrogens with zero attached hydrogens (tertiary/aromatic N) is 2. The maximum atomic E-state index is 12.6. The van der Waals surface area contributed by atoms with Gasteiger partial charge in [-0.15, -0.1) is 0 Å². The van der Waals surface area contributed by atoms with Gasteiger partial charge >= 0.3 is 0 Å². The quantitative estimate of drug-likeness (QED) is 0.733. The van der Waals surface area contributed by atoms with E-state index in [0.717, 1.165) is 27.7 Å². The van der Waals surface area contributed by atoms with Crippen LogP contribution in [0.25, 0.3) is 0 Å². The molecular formula is C17H17IN2O2. The first kappa shape index (κ1) is 15.3. The highest BCUT2D eigenvalue weighted by atomic mass is 127. The van der Waals surface area contributed by atoms with E-state index in [0.29, 0.717) is 12.4 Å². The number of likely N-dealkylation sites (tertiary alicyclic amines) is 1. The second kappa shape index (κ2) is 6.64. The number of benzene rings is 1. The van der Waals surface area contributed by atoms with Crippen molar-refractivity contribution >= 4 is 28.5 Å². The zero-order valence-electron chi connectivity index (χ0n) is 12.3. The number of carbonyl (C=O) groups is 1. The smallest absolute Gasteiger partial charge is 0.255 e. The van der Waals surface area contributed by atoms with E-state index in [1.807, 2.05) is 48.2 Å². The fourth-order valence-electron chi connectivity index (χ4n) is 2.51. The Morgan fingerprint density at radius 3 is 2.86 bits per heavy atom. The van der Waals surface area contributed by atoms with Gasteiger partial charge in [0.25, 0.3) is 5.91 Å². The summed E-state index contributed by atoms with van der Waals surface area (Å²) in [5.41, 5.74) is 1.87. The Labute approximate surface area is 143 Å². The zero-order valence-corrected chi connectivity index (χ0v) is 14.5. The van der Waals surface area contributed by atoms with Crippen molar-refractivity contribution in [3.8, 4) is 5.88 Å². The molecule has 1 aliphatic rings. The lowest BCUT2D eigenvalue weighted by molar-refractivity contribution is 0.0770. The third kappa shape index (κ3) is 3.40. The number of pyridine rings is 1. The van der Waals surface area contributed by atoms with Crippen molar-refractivity contribution < 1.29 is 9.53 Å². The number of halogens is 1. The highest BCUT2D eigenvalue weighted by Crippen LogP contribution is 2.20. The Hall–Kier alpha value is -1.63. The Morgan fingerprint density at radius 1 is 1.32 bits per heavy atom. The molecule has 0 saturated carbocycles. The number of carbonyl (C=O) groups excluding carboxylic acids is 1. The minimum absolute atomic E-state index is 0.0144. The van der Waals surface area contributed by atoms with Crippen molar-refractivity contribution in [2.75, 3.05) is 13.1 Å². The molecule has 1 aliphatic heterocycles. The van der Waals surface area contributed by atoms with Gasteiger partial charge in [0.05, 0.1) is 12.1 Å². The fourth-order valence-corrected chi connectivity index (χ4v) is 3.13. The van der Waals surface area contributed by atoms with Crippen LogP contribution in [-0.2, 0) is 0 Å². The number of rotatable bonds is 3. The predicted molar refractivity (Wildman–Crippen MR) is 93.1 cm³/mol. The zero-order chi connectivity index (χ0) is 15.5. The third-order valence-electron chi connectivity index (χ3n) is 3.71. The number of ether oxygens (including phenoxy) is 1. The molecule has 1 saturated heterocycles. The summed E-state index contributed by atoms with van der Waals surface area (Å²) in [4.78, 5) is 18.7. The van der Waals surface area contributed by atoms with Crippen molar-refractivity contribution in [3.05, 3.63) is 57.3 Å². The molecule has 22 heavy (non-hydrogen) atoms. The molecule has 0 bridgehead atoms. The first-order valence-corrected chi connectivity index (χ1v) is 8.34. The summed E-state index contributed by atoms with van der Waals surface area (Å²) in [5, 5.41) is 0. The molecule has 114 valence electrons. The first-order chi connectivity index (χ1) is 10.6. The van der Waals surface area contributed by atoms with E-state index < -0.39 is 0 Å². The molecule has 1 fully saturated rings. The molecule has 0 N–H and O–H groups in total. The molecular weight excluding hydrogens is 391 g/mol. The van der Waals surface area contributed by atoms with Crippen LogP contribution in [0.2, 0.25) is 0 Å². The SMILES string of the molecule is Cc1ccc(OC2CCN(C(=O)c3ccccc3I)C2)nc1. The van der Waals surface area contributed by atoms with Crippen molar-refractivity contribution in [2.24, 2.45) is 0 Å². The monoisotopic (exact) mass is 408 g/mol. The van der Waals surface area contributed by atoms with Gasteiger partial charge in [-0.2, -0.15) is 0 Å². The van der Waals surface area contributed by atoms with Crippen LogP contribution in [0.4, 0.5) is 0 Å². The molecule has 3 rings (SSSR count). The van der Waals surface area contributed by atoms with Gasteiger partial charge < -0.3 is 9.64 Å². The predicted octanol–water partition coefficient (Wildman–Crippen LogP) is 3.29. The molecule has 0 spiro atoms. The number of hydrogen-bond donors (Lipinski definition) is 0. The largest absolute Gasteiger partial charge is 0.472 e. The summed E-state index contributed by atoms with van der Waals surface area (Å²) < 4.78 is 6.85. The molecule has 0 aliphatic carbocycles. The van der Waals surface area contributed by atoms with E-state index in [4.69, 9.17) is 4.74 Å². The molecule has 1 aromatic heterocycles. The van der Waals surface area contributed by atoms with Gasteiger partial charge in [-0.05, 0) is 47.2 Å². The summed E-state index contributed by atoms with van der Waals surface area (Å²) in [6, 6.07) is 11.5. The van der Waals surface area contributed by atoms with Gasteiger partial charge in [-0.3, -0.25) is 4.79 Å². The summed E-state index contributed by atoms with van der Waals surface area (Å²) in [5.74, 6) is 0.701. The van der Waals surface area contributed by atoms with E-state index in [1.165, 1.54) is 0 Å². The molecule has 1 unspecified atom stereocenters. The van der Waals surface area contributed by atoms with E-state index in [1.54, 1.807) is 6.20 Å². The first-order valence-electron chi connectivity index (χ1n) is 7.26. The summed E-state index contributed by atoms with van der Waals surface area (Å²) in [6.07, 6.45) is 2.64. The van der Waals surface area contributed by atoms with Crippen LogP contribution in [0.3, 0.4) is 0 Å². The molecule has 2 heterocycles. The second-order valence-corrected chi connectivity index (χ2v) is 6.60. The van der Waals surface area contributed by atoms with E-state index in [2.05, 4.69) is 27.6 Å². The van der Waals surface area contributed by atoms with Crippen molar-refractivity contribution in [2.45, 2.75) is 19.4 Å². The maximum absolute atomic E-state index is 12.6. The normalized spacial score (nSPS) is 17.5. The molecule has 4 nitrogen and oxygen atoms in total. The highest BCUT2D eigenvalue weighted by Gasteiger charge is 2.29. The second-order valence-electron chi connectivity index (χ2n) is 5.43. The lowest BCUT2D eigenvalue weighted by atomic mass is 10.2.